The van der Waals surface area contributed by atoms with Crippen LogP contribution in [0.15, 0.2) is 47.1 Å². The Morgan fingerprint density at radius 3 is 2.80 bits per heavy atom. The zero-order valence-electron chi connectivity index (χ0n) is 8.41. The van der Waals surface area contributed by atoms with Crippen molar-refractivity contribution in [2.45, 2.75) is 13.0 Å². The Balaban J connectivity index is 2.09. The molecule has 0 aliphatic rings. The normalized spacial score (nSPS) is 12.4. The molecule has 0 saturated carbocycles. The fraction of sp³-hybridized carbons (Fsp3) is 0.167. The number of halogens is 1. The van der Waals surface area contributed by atoms with E-state index in [4.69, 9.17) is 16.0 Å². The molecule has 0 bridgehead atoms. The van der Waals surface area contributed by atoms with Gasteiger partial charge in [0.15, 0.2) is 0 Å². The number of benzene rings is 1. The Bertz CT molecular complexity index is 425. The summed E-state index contributed by atoms with van der Waals surface area (Å²) in [6.45, 7) is 2.04. The fourth-order valence-electron chi connectivity index (χ4n) is 1.44. The quantitative estimate of drug-likeness (QED) is 0.844. The molecule has 0 aliphatic carbocycles. The first-order valence-electron chi connectivity index (χ1n) is 4.81. The lowest BCUT2D eigenvalue weighted by atomic mass is 10.2. The van der Waals surface area contributed by atoms with Gasteiger partial charge in [-0.3, -0.25) is 0 Å². The van der Waals surface area contributed by atoms with E-state index in [2.05, 4.69) is 5.32 Å². The summed E-state index contributed by atoms with van der Waals surface area (Å²) >= 11 is 5.89. The van der Waals surface area contributed by atoms with Crippen LogP contribution in [-0.2, 0) is 0 Å². The number of hydrogen-bond acceptors (Lipinski definition) is 2. The van der Waals surface area contributed by atoms with Crippen LogP contribution in [0.5, 0.6) is 0 Å². The van der Waals surface area contributed by atoms with E-state index in [1.54, 1.807) is 6.26 Å². The molecule has 1 atom stereocenters. The maximum atomic E-state index is 5.89. The van der Waals surface area contributed by atoms with E-state index in [9.17, 15) is 0 Å². The lowest BCUT2D eigenvalue weighted by molar-refractivity contribution is 0.490. The SMILES string of the molecule is C[C@@H](Nc1cccc(Cl)c1)c1ccco1. The van der Waals surface area contributed by atoms with E-state index in [0.29, 0.717) is 0 Å². The summed E-state index contributed by atoms with van der Waals surface area (Å²) in [7, 11) is 0. The molecule has 1 aromatic heterocycles. The van der Waals surface area contributed by atoms with Gasteiger partial charge in [0.1, 0.15) is 5.76 Å². The van der Waals surface area contributed by atoms with E-state index in [1.165, 1.54) is 0 Å². The summed E-state index contributed by atoms with van der Waals surface area (Å²) in [5.74, 6) is 0.912. The molecule has 0 saturated heterocycles. The summed E-state index contributed by atoms with van der Waals surface area (Å²) < 4.78 is 5.30. The van der Waals surface area contributed by atoms with Crippen LogP contribution < -0.4 is 5.32 Å². The monoisotopic (exact) mass is 221 g/mol. The molecular formula is C12H12ClNO. The molecule has 0 spiro atoms. The van der Waals surface area contributed by atoms with E-state index in [1.807, 2.05) is 43.3 Å². The highest BCUT2D eigenvalue weighted by molar-refractivity contribution is 6.30. The summed E-state index contributed by atoms with van der Waals surface area (Å²) in [4.78, 5) is 0. The predicted molar refractivity (Wildman–Crippen MR) is 62.2 cm³/mol. The molecule has 78 valence electrons. The van der Waals surface area contributed by atoms with Gasteiger partial charge in [0.05, 0.1) is 12.3 Å². The standard InChI is InChI=1S/C12H12ClNO/c1-9(12-6-3-7-15-12)14-11-5-2-4-10(13)8-11/h2-9,14H,1H3/t9-/m1/s1. The summed E-state index contributed by atoms with van der Waals surface area (Å²) in [6, 6.07) is 11.6. The Hall–Kier alpha value is -1.41. The molecule has 0 radical (unpaired) electrons. The molecule has 1 N–H and O–H groups in total. The third kappa shape index (κ3) is 2.54. The second-order valence-corrected chi connectivity index (χ2v) is 3.83. The van der Waals surface area contributed by atoms with Gasteiger partial charge in [0.2, 0.25) is 0 Å². The molecular weight excluding hydrogens is 210 g/mol. The van der Waals surface area contributed by atoms with Gasteiger partial charge in [-0.25, -0.2) is 0 Å². The van der Waals surface area contributed by atoms with Crippen molar-refractivity contribution in [3.63, 3.8) is 0 Å². The van der Waals surface area contributed by atoms with Gasteiger partial charge in [0, 0.05) is 10.7 Å². The average molecular weight is 222 g/mol. The van der Waals surface area contributed by atoms with Crippen LogP contribution in [0.1, 0.15) is 18.7 Å². The van der Waals surface area contributed by atoms with E-state index in [0.717, 1.165) is 16.5 Å². The van der Waals surface area contributed by atoms with Crippen LogP contribution in [0.3, 0.4) is 0 Å². The second kappa shape index (κ2) is 4.41. The lowest BCUT2D eigenvalue weighted by Gasteiger charge is -2.12. The van der Waals surface area contributed by atoms with Gasteiger partial charge in [-0.05, 0) is 37.3 Å². The van der Waals surface area contributed by atoms with Crippen molar-refractivity contribution in [2.24, 2.45) is 0 Å². The molecule has 0 fully saturated rings. The van der Waals surface area contributed by atoms with Crippen LogP contribution in [0.25, 0.3) is 0 Å². The minimum absolute atomic E-state index is 0.137. The highest BCUT2D eigenvalue weighted by atomic mass is 35.5. The molecule has 2 nitrogen and oxygen atoms in total. The molecule has 0 amide bonds. The number of rotatable bonds is 3. The average Bonchev–Trinajstić information content (AvgIpc) is 2.70. The van der Waals surface area contributed by atoms with Crippen molar-refractivity contribution in [1.29, 1.82) is 0 Å². The number of nitrogens with one attached hydrogen (secondary N) is 1. The Morgan fingerprint density at radius 2 is 2.13 bits per heavy atom. The number of hydrogen-bond donors (Lipinski definition) is 1. The highest BCUT2D eigenvalue weighted by Gasteiger charge is 2.07. The van der Waals surface area contributed by atoms with Crippen molar-refractivity contribution in [1.82, 2.24) is 0 Å². The van der Waals surface area contributed by atoms with E-state index < -0.39 is 0 Å². The molecule has 1 heterocycles. The summed E-state index contributed by atoms with van der Waals surface area (Å²) in [5, 5.41) is 4.04. The molecule has 0 unspecified atom stereocenters. The van der Waals surface area contributed by atoms with Crippen molar-refractivity contribution < 1.29 is 4.42 Å². The van der Waals surface area contributed by atoms with Crippen molar-refractivity contribution in [3.8, 4) is 0 Å². The molecule has 2 rings (SSSR count). The highest BCUT2D eigenvalue weighted by Crippen LogP contribution is 2.21. The van der Waals surface area contributed by atoms with Gasteiger partial charge in [-0.2, -0.15) is 0 Å². The van der Waals surface area contributed by atoms with Gasteiger partial charge >= 0.3 is 0 Å². The summed E-state index contributed by atoms with van der Waals surface area (Å²) in [5.41, 5.74) is 0.992. The maximum Gasteiger partial charge on any atom is 0.125 e. The van der Waals surface area contributed by atoms with E-state index >= 15 is 0 Å². The molecule has 2 aromatic rings. The Kier molecular flexibility index (Phi) is 2.97. The number of anilines is 1. The lowest BCUT2D eigenvalue weighted by Crippen LogP contribution is -2.05. The van der Waals surface area contributed by atoms with Gasteiger partial charge in [-0.1, -0.05) is 17.7 Å². The zero-order chi connectivity index (χ0) is 10.7. The van der Waals surface area contributed by atoms with Crippen LogP contribution >= 0.6 is 11.6 Å². The number of furan rings is 1. The predicted octanol–water partition coefficient (Wildman–Crippen LogP) is 4.11. The van der Waals surface area contributed by atoms with Gasteiger partial charge < -0.3 is 9.73 Å². The first kappa shape index (κ1) is 10.1. The second-order valence-electron chi connectivity index (χ2n) is 3.39. The van der Waals surface area contributed by atoms with Crippen molar-refractivity contribution in [2.75, 3.05) is 5.32 Å². The van der Waals surface area contributed by atoms with Crippen LogP contribution in [-0.4, -0.2) is 0 Å². The van der Waals surface area contributed by atoms with Crippen LogP contribution in [0.2, 0.25) is 5.02 Å². The Morgan fingerprint density at radius 1 is 1.27 bits per heavy atom. The van der Waals surface area contributed by atoms with E-state index in [-0.39, 0.29) is 6.04 Å². The molecule has 0 aliphatic heterocycles. The van der Waals surface area contributed by atoms with Crippen LogP contribution in [0.4, 0.5) is 5.69 Å². The molecule has 3 heteroatoms. The minimum Gasteiger partial charge on any atom is -0.467 e. The first-order valence-corrected chi connectivity index (χ1v) is 5.19. The minimum atomic E-state index is 0.137. The fourth-order valence-corrected chi connectivity index (χ4v) is 1.63. The molecule has 15 heavy (non-hydrogen) atoms. The van der Waals surface area contributed by atoms with Crippen molar-refractivity contribution >= 4 is 17.3 Å². The Labute approximate surface area is 93.9 Å². The van der Waals surface area contributed by atoms with Gasteiger partial charge in [-0.15, -0.1) is 0 Å². The maximum absolute atomic E-state index is 5.89. The smallest absolute Gasteiger partial charge is 0.125 e. The van der Waals surface area contributed by atoms with Crippen LogP contribution in [0, 0.1) is 0 Å². The van der Waals surface area contributed by atoms with Crippen molar-refractivity contribution in [3.05, 3.63) is 53.4 Å². The topological polar surface area (TPSA) is 25.2 Å². The first-order chi connectivity index (χ1) is 7.25. The third-order valence-electron chi connectivity index (χ3n) is 2.18. The third-order valence-corrected chi connectivity index (χ3v) is 2.41. The summed E-state index contributed by atoms with van der Waals surface area (Å²) in [6.07, 6.45) is 1.67. The molecule has 1 aromatic carbocycles. The largest absolute Gasteiger partial charge is 0.467 e. The van der Waals surface area contributed by atoms with Gasteiger partial charge in [0.25, 0.3) is 0 Å². The zero-order valence-corrected chi connectivity index (χ0v) is 9.16.